The van der Waals surface area contributed by atoms with Crippen LogP contribution in [0.4, 0.5) is 0 Å². The van der Waals surface area contributed by atoms with Gasteiger partial charge in [-0.25, -0.2) is 4.21 Å². The van der Waals surface area contributed by atoms with Crippen molar-refractivity contribution in [2.45, 2.75) is 32.1 Å². The Balaban J connectivity index is -0.000000500. The van der Waals surface area contributed by atoms with Crippen LogP contribution >= 0.6 is 0 Å². The summed E-state index contributed by atoms with van der Waals surface area (Å²) in [5, 5.41) is 0. The van der Waals surface area contributed by atoms with Crippen LogP contribution in [0.15, 0.2) is 0 Å². The first-order valence-corrected chi connectivity index (χ1v) is 8.35. The fourth-order valence-corrected chi connectivity index (χ4v) is 2.19. The maximum Gasteiger partial charge on any atom is 1.00 e. The Bertz CT molecular complexity index is 142. The van der Waals surface area contributed by atoms with Crippen molar-refractivity contribution in [3.8, 4) is 0 Å². The summed E-state index contributed by atoms with van der Waals surface area (Å²) in [6.45, 7) is 7.09. The van der Waals surface area contributed by atoms with E-state index in [-0.39, 0.29) is 31.0 Å². The van der Waals surface area contributed by atoms with Gasteiger partial charge in [0.25, 0.3) is 0 Å². The van der Waals surface area contributed by atoms with Gasteiger partial charge in [0.2, 0.25) is 0 Å². The van der Waals surface area contributed by atoms with Crippen LogP contribution in [0.2, 0.25) is 25.7 Å². The normalized spacial score (nSPS) is 13.7. The van der Waals surface area contributed by atoms with Crippen molar-refractivity contribution in [2.24, 2.45) is 0 Å². The van der Waals surface area contributed by atoms with E-state index < -0.39 is 19.4 Å². The number of rotatable bonds is 5. The van der Waals surface area contributed by atoms with Crippen LogP contribution in [0.1, 0.15) is 7.85 Å². The van der Waals surface area contributed by atoms with Gasteiger partial charge in [0.15, 0.2) is 0 Å². The number of hydrogen-bond donors (Lipinski definition) is 0. The van der Waals surface area contributed by atoms with Gasteiger partial charge >= 0.3 is 29.6 Å². The van der Waals surface area contributed by atoms with E-state index in [1.165, 1.54) is 0 Å². The number of hydrogen-bond acceptors (Lipinski definition) is 3. The van der Waals surface area contributed by atoms with Crippen LogP contribution in [0.5, 0.6) is 0 Å². The predicted molar refractivity (Wildman–Crippen MR) is 48.8 cm³/mol. The molecule has 0 amide bonds. The SMILES string of the molecule is C[Si](C)(C)CCCOS(=O)[O-].[H-].[Na+]. The fourth-order valence-electron chi connectivity index (χ4n) is 0.729. The Labute approximate surface area is 102 Å². The first kappa shape index (κ1) is 15.7. The molecule has 12 heavy (non-hydrogen) atoms. The van der Waals surface area contributed by atoms with Gasteiger partial charge in [-0.1, -0.05) is 25.7 Å². The Morgan fingerprint density at radius 2 is 2.00 bits per heavy atom. The standard InChI is InChI=1S/C6H16O3SSi.Na.H/c1-11(2,3)6-4-5-9-10(7)8;;/h4-6H2,1-3H3,(H,7,8);;/q;+1;-1/p-1. The summed E-state index contributed by atoms with van der Waals surface area (Å²) in [5.74, 6) is 0. The summed E-state index contributed by atoms with van der Waals surface area (Å²) in [6.07, 6.45) is 0.851. The van der Waals surface area contributed by atoms with Gasteiger partial charge in [-0.3, -0.25) is 0 Å². The molecule has 0 saturated carbocycles. The summed E-state index contributed by atoms with van der Waals surface area (Å²) in [5.41, 5.74) is 0. The molecule has 0 aliphatic heterocycles. The molecule has 0 N–H and O–H groups in total. The Morgan fingerprint density at radius 3 is 2.33 bits per heavy atom. The van der Waals surface area contributed by atoms with Gasteiger partial charge in [-0.15, -0.1) is 0 Å². The first-order valence-electron chi connectivity index (χ1n) is 3.64. The van der Waals surface area contributed by atoms with Crippen LogP contribution in [-0.2, 0) is 15.5 Å². The molecule has 6 heteroatoms. The minimum absolute atomic E-state index is 0. The van der Waals surface area contributed by atoms with Crippen molar-refractivity contribution in [2.75, 3.05) is 6.61 Å². The maximum absolute atomic E-state index is 9.91. The molecule has 0 aliphatic rings. The van der Waals surface area contributed by atoms with E-state index in [0.29, 0.717) is 6.61 Å². The molecule has 0 aromatic carbocycles. The van der Waals surface area contributed by atoms with Crippen molar-refractivity contribution in [1.29, 1.82) is 0 Å². The zero-order valence-electron chi connectivity index (χ0n) is 9.25. The molecule has 1 atom stereocenters. The third kappa shape index (κ3) is 13.8. The van der Waals surface area contributed by atoms with Gasteiger partial charge in [0.1, 0.15) is 0 Å². The van der Waals surface area contributed by atoms with E-state index in [1.807, 2.05) is 0 Å². The summed E-state index contributed by atoms with van der Waals surface area (Å²) in [7, 11) is -1.01. The van der Waals surface area contributed by atoms with Gasteiger partial charge in [0, 0.05) is 8.07 Å². The van der Waals surface area contributed by atoms with Crippen molar-refractivity contribution in [1.82, 2.24) is 0 Å². The van der Waals surface area contributed by atoms with Crippen LogP contribution in [-0.4, -0.2) is 23.4 Å². The minimum atomic E-state index is -2.33. The molecule has 0 heterocycles. The average molecular weight is 219 g/mol. The molecule has 0 bridgehead atoms. The summed E-state index contributed by atoms with van der Waals surface area (Å²) < 4.78 is 24.2. The maximum atomic E-state index is 9.91. The van der Waals surface area contributed by atoms with Crippen LogP contribution < -0.4 is 29.6 Å². The van der Waals surface area contributed by atoms with Crippen LogP contribution in [0, 0.1) is 0 Å². The molecule has 0 aromatic rings. The predicted octanol–water partition coefficient (Wildman–Crippen LogP) is -1.36. The zero-order chi connectivity index (χ0) is 8.91. The van der Waals surface area contributed by atoms with Gasteiger partial charge in [0.05, 0.1) is 18.0 Å². The van der Waals surface area contributed by atoms with Crippen LogP contribution in [0.3, 0.4) is 0 Å². The second-order valence-corrected chi connectivity index (χ2v) is 9.96. The summed E-state index contributed by atoms with van der Waals surface area (Å²) >= 11 is -2.33. The minimum Gasteiger partial charge on any atom is -1.00 e. The molecular formula is C6H16NaO3SSi-. The molecular weight excluding hydrogens is 203 g/mol. The molecule has 70 valence electrons. The second kappa shape index (κ2) is 7.67. The van der Waals surface area contributed by atoms with E-state index in [9.17, 15) is 8.76 Å². The molecule has 0 aliphatic carbocycles. The third-order valence-electron chi connectivity index (χ3n) is 1.25. The largest absolute Gasteiger partial charge is 1.00 e. The quantitative estimate of drug-likeness (QED) is 0.326. The first-order chi connectivity index (χ1) is 4.92. The zero-order valence-corrected chi connectivity index (χ0v) is 12.1. The summed E-state index contributed by atoms with van der Waals surface area (Å²) in [6, 6.07) is 1.12. The topological polar surface area (TPSA) is 49.4 Å². The van der Waals surface area contributed by atoms with E-state index in [1.54, 1.807) is 0 Å². The van der Waals surface area contributed by atoms with E-state index in [4.69, 9.17) is 0 Å². The molecule has 0 radical (unpaired) electrons. The second-order valence-electron chi connectivity index (χ2n) is 3.69. The smallest absolute Gasteiger partial charge is 1.00 e. The molecule has 0 rings (SSSR count). The average Bonchev–Trinajstić information content (AvgIpc) is 1.78. The van der Waals surface area contributed by atoms with Crippen molar-refractivity contribution < 1.29 is 43.9 Å². The Kier molecular flexibility index (Phi) is 10.1. The third-order valence-corrected chi connectivity index (χ3v) is 3.46. The van der Waals surface area contributed by atoms with Crippen LogP contribution in [0.25, 0.3) is 0 Å². The monoisotopic (exact) mass is 219 g/mol. The van der Waals surface area contributed by atoms with Gasteiger partial charge in [-0.05, 0) is 6.42 Å². The van der Waals surface area contributed by atoms with E-state index >= 15 is 0 Å². The molecule has 0 spiro atoms. The Morgan fingerprint density at radius 1 is 1.50 bits per heavy atom. The van der Waals surface area contributed by atoms with Crippen molar-refractivity contribution in [3.63, 3.8) is 0 Å². The molecule has 0 aromatic heterocycles. The van der Waals surface area contributed by atoms with E-state index in [0.717, 1.165) is 12.5 Å². The van der Waals surface area contributed by atoms with E-state index in [2.05, 4.69) is 23.8 Å². The molecule has 1 unspecified atom stereocenters. The molecule has 0 fully saturated rings. The van der Waals surface area contributed by atoms with Crippen molar-refractivity contribution in [3.05, 3.63) is 0 Å². The Hall–Kier alpha value is 1.29. The summed E-state index contributed by atoms with van der Waals surface area (Å²) in [4.78, 5) is 0. The molecule has 3 nitrogen and oxygen atoms in total. The van der Waals surface area contributed by atoms with Crippen molar-refractivity contribution >= 4 is 19.4 Å². The molecule has 0 saturated heterocycles. The fraction of sp³-hybridized carbons (Fsp3) is 1.00. The van der Waals surface area contributed by atoms with Gasteiger partial charge in [-0.2, -0.15) is 0 Å². The van der Waals surface area contributed by atoms with Gasteiger partial charge < -0.3 is 10.2 Å².